The summed E-state index contributed by atoms with van der Waals surface area (Å²) >= 11 is 0. The molecule has 0 aliphatic heterocycles. The maximum Gasteiger partial charge on any atom is 0.316 e. The Labute approximate surface area is 82.6 Å². The van der Waals surface area contributed by atoms with Crippen molar-refractivity contribution in [2.24, 2.45) is 21.9 Å². The first-order valence-electron chi connectivity index (χ1n) is 4.91. The van der Waals surface area contributed by atoms with E-state index >= 15 is 0 Å². The molecule has 2 aliphatic carbocycles. The van der Waals surface area contributed by atoms with Gasteiger partial charge in [-0.3, -0.25) is 4.79 Å². The highest BCUT2D eigenvalue weighted by molar-refractivity contribution is 6.09. The highest BCUT2D eigenvalue weighted by atomic mass is 16.4. The molecule has 4 heteroatoms. The second kappa shape index (κ2) is 2.49. The lowest BCUT2D eigenvalue weighted by Crippen LogP contribution is -2.43. The first-order chi connectivity index (χ1) is 6.46. The van der Waals surface area contributed by atoms with Crippen LogP contribution in [0.2, 0.25) is 0 Å². The molecule has 0 unspecified atom stereocenters. The van der Waals surface area contributed by atoms with Gasteiger partial charge in [0.25, 0.3) is 0 Å². The molecule has 4 nitrogen and oxygen atoms in total. The molecule has 0 aromatic rings. The largest absolute Gasteiger partial charge is 0.481 e. The quantitative estimate of drug-likeness (QED) is 0.496. The Bertz CT molecular complexity index is 321. The van der Waals surface area contributed by atoms with Crippen molar-refractivity contribution in [1.29, 1.82) is 0 Å². The van der Waals surface area contributed by atoms with Crippen LogP contribution in [0.25, 0.3) is 0 Å². The fraction of sp³-hybridized carbons (Fsp3) is 0.800. The molecule has 0 radical (unpaired) electrons. The number of carbonyl (C=O) groups is 1. The van der Waals surface area contributed by atoms with Crippen LogP contribution in [0, 0.1) is 16.7 Å². The monoisotopic (exact) mass is 197 g/mol. The van der Waals surface area contributed by atoms with Gasteiger partial charge in [0.15, 0.2) is 0 Å². The van der Waals surface area contributed by atoms with E-state index < -0.39 is 11.4 Å². The van der Waals surface area contributed by atoms with Gasteiger partial charge in [-0.25, -0.2) is 0 Å². The maximum atomic E-state index is 11.4. The minimum Gasteiger partial charge on any atom is -0.481 e. The van der Waals surface area contributed by atoms with Gasteiger partial charge in [0.1, 0.15) is 5.41 Å². The van der Waals surface area contributed by atoms with Crippen molar-refractivity contribution in [1.82, 2.24) is 0 Å². The number of rotatable bonds is 1. The zero-order chi connectivity index (χ0) is 10.6. The molecule has 0 amide bonds. The van der Waals surface area contributed by atoms with E-state index in [1.54, 1.807) is 0 Å². The van der Waals surface area contributed by atoms with Crippen molar-refractivity contribution in [2.45, 2.75) is 33.1 Å². The average molecular weight is 197 g/mol. The average Bonchev–Trinajstić information content (AvgIpc) is 2.51. The summed E-state index contributed by atoms with van der Waals surface area (Å²) in [4.78, 5) is 11.4. The SMILES string of the molecule is CC1(C)[C@@H]2CC[C@@]1(C(=O)O)/C(=N\O)C2. The van der Waals surface area contributed by atoms with Crippen LogP contribution in [-0.2, 0) is 4.79 Å². The van der Waals surface area contributed by atoms with E-state index in [0.29, 0.717) is 24.5 Å². The van der Waals surface area contributed by atoms with E-state index in [2.05, 4.69) is 5.16 Å². The van der Waals surface area contributed by atoms with E-state index in [9.17, 15) is 9.90 Å². The Morgan fingerprint density at radius 1 is 1.57 bits per heavy atom. The lowest BCUT2D eigenvalue weighted by molar-refractivity contribution is -0.148. The third-order valence-electron chi connectivity index (χ3n) is 4.41. The highest BCUT2D eigenvalue weighted by Gasteiger charge is 2.67. The van der Waals surface area contributed by atoms with Crippen LogP contribution in [0.5, 0.6) is 0 Å². The molecule has 78 valence electrons. The zero-order valence-corrected chi connectivity index (χ0v) is 8.45. The lowest BCUT2D eigenvalue weighted by atomic mass is 9.69. The van der Waals surface area contributed by atoms with Gasteiger partial charge in [-0.05, 0) is 30.6 Å². The van der Waals surface area contributed by atoms with Crippen molar-refractivity contribution >= 4 is 11.7 Å². The van der Waals surface area contributed by atoms with Crippen LogP contribution in [0.1, 0.15) is 33.1 Å². The van der Waals surface area contributed by atoms with Crippen LogP contribution in [-0.4, -0.2) is 22.0 Å². The van der Waals surface area contributed by atoms with Gasteiger partial charge in [0.05, 0.1) is 5.71 Å². The molecule has 0 saturated heterocycles. The third-order valence-corrected chi connectivity index (χ3v) is 4.41. The predicted molar refractivity (Wildman–Crippen MR) is 50.4 cm³/mol. The van der Waals surface area contributed by atoms with Crippen LogP contribution >= 0.6 is 0 Å². The zero-order valence-electron chi connectivity index (χ0n) is 8.45. The Kier molecular flexibility index (Phi) is 1.69. The standard InChI is InChI=1S/C10H15NO3/c1-9(2)6-3-4-10(9,8(12)13)7(5-6)11-14/h6,14H,3-5H2,1-2H3,(H,12,13)/b11-7-/t6-,10+/m1/s1. The number of oxime groups is 1. The van der Waals surface area contributed by atoms with Crippen molar-refractivity contribution in [3.05, 3.63) is 0 Å². The fourth-order valence-electron chi connectivity index (χ4n) is 3.34. The first-order valence-corrected chi connectivity index (χ1v) is 4.91. The van der Waals surface area contributed by atoms with Crippen molar-refractivity contribution in [2.75, 3.05) is 0 Å². The molecule has 14 heavy (non-hydrogen) atoms. The molecule has 0 heterocycles. The molecule has 0 aromatic heterocycles. The molecular weight excluding hydrogens is 182 g/mol. The Morgan fingerprint density at radius 2 is 2.21 bits per heavy atom. The molecule has 2 saturated carbocycles. The molecule has 2 fully saturated rings. The molecular formula is C10H15NO3. The highest BCUT2D eigenvalue weighted by Crippen LogP contribution is 2.64. The van der Waals surface area contributed by atoms with Crippen molar-refractivity contribution < 1.29 is 15.1 Å². The summed E-state index contributed by atoms with van der Waals surface area (Å²) in [7, 11) is 0. The van der Waals surface area contributed by atoms with Gasteiger partial charge in [0.2, 0.25) is 0 Å². The number of hydrogen-bond donors (Lipinski definition) is 2. The Balaban J connectivity index is 2.57. The smallest absolute Gasteiger partial charge is 0.316 e. The summed E-state index contributed by atoms with van der Waals surface area (Å²) in [6, 6.07) is 0. The minimum atomic E-state index is -0.910. The van der Waals surface area contributed by atoms with E-state index in [0.717, 1.165) is 6.42 Å². The number of nitrogens with zero attached hydrogens (tertiary/aromatic N) is 1. The van der Waals surface area contributed by atoms with E-state index in [1.165, 1.54) is 0 Å². The van der Waals surface area contributed by atoms with Gasteiger partial charge in [-0.2, -0.15) is 0 Å². The van der Waals surface area contributed by atoms with Crippen LogP contribution in [0.3, 0.4) is 0 Å². The van der Waals surface area contributed by atoms with Crippen LogP contribution in [0.4, 0.5) is 0 Å². The number of fused-ring (bicyclic) bond motifs is 2. The normalized spacial score (nSPS) is 41.9. The Hall–Kier alpha value is -1.06. The summed E-state index contributed by atoms with van der Waals surface area (Å²) in [5.74, 6) is -0.486. The van der Waals surface area contributed by atoms with Gasteiger partial charge in [0, 0.05) is 0 Å². The van der Waals surface area contributed by atoms with Crippen LogP contribution < -0.4 is 0 Å². The van der Waals surface area contributed by atoms with Gasteiger partial charge in [-0.1, -0.05) is 19.0 Å². The number of carboxylic acid groups (broad SMARTS) is 1. The molecule has 2 atom stereocenters. The topological polar surface area (TPSA) is 69.9 Å². The molecule has 2 aliphatic rings. The molecule has 0 aromatic carbocycles. The van der Waals surface area contributed by atoms with Gasteiger partial charge >= 0.3 is 5.97 Å². The summed E-state index contributed by atoms with van der Waals surface area (Å²) in [5, 5.41) is 21.4. The summed E-state index contributed by atoms with van der Waals surface area (Å²) in [6.45, 7) is 3.94. The maximum absolute atomic E-state index is 11.4. The third kappa shape index (κ3) is 0.751. The fourth-order valence-corrected chi connectivity index (χ4v) is 3.34. The lowest BCUT2D eigenvalue weighted by Gasteiger charge is -2.33. The van der Waals surface area contributed by atoms with Gasteiger partial charge < -0.3 is 10.3 Å². The molecule has 0 spiro atoms. The van der Waals surface area contributed by atoms with E-state index in [-0.39, 0.29) is 5.41 Å². The summed E-state index contributed by atoms with van der Waals surface area (Å²) in [5.41, 5.74) is -0.724. The first kappa shape index (κ1) is 9.49. The summed E-state index contributed by atoms with van der Waals surface area (Å²) in [6.07, 6.45) is 2.17. The number of aliphatic carboxylic acids is 1. The van der Waals surface area contributed by atoms with E-state index in [1.807, 2.05) is 13.8 Å². The number of carboxylic acids is 1. The predicted octanol–water partition coefficient (Wildman–Crippen LogP) is 1.73. The van der Waals surface area contributed by atoms with Crippen molar-refractivity contribution in [3.8, 4) is 0 Å². The van der Waals surface area contributed by atoms with E-state index in [4.69, 9.17) is 5.21 Å². The van der Waals surface area contributed by atoms with Crippen LogP contribution in [0.15, 0.2) is 5.16 Å². The van der Waals surface area contributed by atoms with Crippen molar-refractivity contribution in [3.63, 3.8) is 0 Å². The molecule has 2 N–H and O–H groups in total. The summed E-state index contributed by atoms with van der Waals surface area (Å²) < 4.78 is 0. The Morgan fingerprint density at radius 3 is 2.57 bits per heavy atom. The second-order valence-corrected chi connectivity index (χ2v) is 4.92. The minimum absolute atomic E-state index is 0.277. The van der Waals surface area contributed by atoms with Gasteiger partial charge in [-0.15, -0.1) is 0 Å². The second-order valence-electron chi connectivity index (χ2n) is 4.92. The number of hydrogen-bond acceptors (Lipinski definition) is 3. The molecule has 2 bridgehead atoms. The molecule has 2 rings (SSSR count).